The third-order valence-corrected chi connectivity index (χ3v) is 4.41. The summed E-state index contributed by atoms with van der Waals surface area (Å²) in [4.78, 5) is 28.2. The minimum Gasteiger partial charge on any atom is -0.468 e. The Balaban J connectivity index is 1.98. The van der Waals surface area contributed by atoms with E-state index in [0.717, 1.165) is 44.3 Å². The van der Waals surface area contributed by atoms with Crippen LogP contribution in [0.5, 0.6) is 0 Å². The van der Waals surface area contributed by atoms with Gasteiger partial charge in [0, 0.05) is 12.2 Å². The van der Waals surface area contributed by atoms with Gasteiger partial charge in [0.05, 0.1) is 13.7 Å². The molecule has 5 heteroatoms. The van der Waals surface area contributed by atoms with Crippen molar-refractivity contribution in [2.24, 2.45) is 0 Å². The van der Waals surface area contributed by atoms with Gasteiger partial charge in [0.15, 0.2) is 0 Å². The zero-order valence-corrected chi connectivity index (χ0v) is 13.1. The fraction of sp³-hybridized carbons (Fsp3) is 0.750. The Labute approximate surface area is 126 Å². The van der Waals surface area contributed by atoms with Crippen LogP contribution in [-0.4, -0.2) is 54.5 Å². The van der Waals surface area contributed by atoms with Crippen molar-refractivity contribution in [3.63, 3.8) is 0 Å². The standard InChI is InChI=1S/C16H26N2O3/c1-3-18(13-8-5-4-6-9-13)15(19)12-17-11-7-10-14(17)16(20)21-2/h8,14H,3-7,9-12H2,1-2H3. The van der Waals surface area contributed by atoms with Crippen LogP contribution in [0.4, 0.5) is 0 Å². The van der Waals surface area contributed by atoms with E-state index in [4.69, 9.17) is 4.74 Å². The Morgan fingerprint density at radius 2 is 2.19 bits per heavy atom. The van der Waals surface area contributed by atoms with Crippen LogP contribution in [0, 0.1) is 0 Å². The van der Waals surface area contributed by atoms with Crippen LogP contribution in [-0.2, 0) is 14.3 Å². The molecule has 1 saturated heterocycles. The number of nitrogens with zero attached hydrogens (tertiary/aromatic N) is 2. The summed E-state index contributed by atoms with van der Waals surface area (Å²) in [6, 6.07) is -0.252. The Bertz CT molecular complexity index is 420. The third kappa shape index (κ3) is 3.84. The molecule has 118 valence electrons. The molecule has 2 aliphatic rings. The molecule has 0 spiro atoms. The average molecular weight is 294 g/mol. The molecule has 1 aliphatic heterocycles. The molecule has 1 heterocycles. The molecule has 0 bridgehead atoms. The number of likely N-dealkylation sites (tertiary alicyclic amines) is 1. The predicted octanol–water partition coefficient (Wildman–Crippen LogP) is 1.93. The van der Waals surface area contributed by atoms with Crippen molar-refractivity contribution in [2.45, 2.75) is 51.5 Å². The van der Waals surface area contributed by atoms with Gasteiger partial charge in [-0.05, 0) is 52.0 Å². The fourth-order valence-corrected chi connectivity index (χ4v) is 3.28. The summed E-state index contributed by atoms with van der Waals surface area (Å²) in [6.07, 6.45) is 8.34. The first-order valence-electron chi connectivity index (χ1n) is 7.98. The fourth-order valence-electron chi connectivity index (χ4n) is 3.28. The zero-order valence-electron chi connectivity index (χ0n) is 13.1. The number of allylic oxidation sites excluding steroid dienone is 2. The number of likely N-dealkylation sites (N-methyl/N-ethyl adjacent to an activating group) is 1. The first-order chi connectivity index (χ1) is 10.2. The van der Waals surface area contributed by atoms with Crippen molar-refractivity contribution >= 4 is 11.9 Å². The van der Waals surface area contributed by atoms with Gasteiger partial charge in [0.2, 0.25) is 5.91 Å². The largest absolute Gasteiger partial charge is 0.468 e. The van der Waals surface area contributed by atoms with E-state index in [1.165, 1.54) is 13.5 Å². The zero-order chi connectivity index (χ0) is 15.2. The van der Waals surface area contributed by atoms with Gasteiger partial charge in [0.25, 0.3) is 0 Å². The minimum absolute atomic E-state index is 0.0986. The molecule has 0 radical (unpaired) electrons. The second-order valence-electron chi connectivity index (χ2n) is 5.73. The summed E-state index contributed by atoms with van der Waals surface area (Å²) in [5, 5.41) is 0. The summed E-state index contributed by atoms with van der Waals surface area (Å²) in [7, 11) is 1.41. The molecule has 0 aromatic heterocycles. The van der Waals surface area contributed by atoms with Crippen molar-refractivity contribution in [2.75, 3.05) is 26.7 Å². The van der Waals surface area contributed by atoms with E-state index >= 15 is 0 Å². The van der Waals surface area contributed by atoms with Gasteiger partial charge in [-0.2, -0.15) is 0 Å². The highest BCUT2D eigenvalue weighted by Gasteiger charge is 2.33. The Morgan fingerprint density at radius 1 is 1.38 bits per heavy atom. The number of ether oxygens (including phenoxy) is 1. The third-order valence-electron chi connectivity index (χ3n) is 4.41. The minimum atomic E-state index is -0.252. The monoisotopic (exact) mass is 294 g/mol. The van der Waals surface area contributed by atoms with Gasteiger partial charge in [-0.25, -0.2) is 0 Å². The lowest BCUT2D eigenvalue weighted by Gasteiger charge is -2.29. The number of hydrogen-bond donors (Lipinski definition) is 0. The van der Waals surface area contributed by atoms with Crippen molar-refractivity contribution in [3.8, 4) is 0 Å². The maximum Gasteiger partial charge on any atom is 0.323 e. The van der Waals surface area contributed by atoms with E-state index in [9.17, 15) is 9.59 Å². The Hall–Kier alpha value is -1.36. The molecule has 2 rings (SSSR count). The maximum atomic E-state index is 12.6. The smallest absolute Gasteiger partial charge is 0.323 e. The molecule has 0 saturated carbocycles. The second kappa shape index (κ2) is 7.59. The first-order valence-corrected chi connectivity index (χ1v) is 7.98. The van der Waals surface area contributed by atoms with Crippen molar-refractivity contribution in [3.05, 3.63) is 11.8 Å². The van der Waals surface area contributed by atoms with E-state index < -0.39 is 0 Å². The van der Waals surface area contributed by atoms with Gasteiger partial charge < -0.3 is 9.64 Å². The van der Waals surface area contributed by atoms with Crippen LogP contribution in [0.2, 0.25) is 0 Å². The van der Waals surface area contributed by atoms with E-state index in [2.05, 4.69) is 6.08 Å². The highest BCUT2D eigenvalue weighted by Crippen LogP contribution is 2.23. The normalized spacial score (nSPS) is 22.8. The van der Waals surface area contributed by atoms with Crippen LogP contribution in [0.1, 0.15) is 45.4 Å². The van der Waals surface area contributed by atoms with Crippen LogP contribution < -0.4 is 0 Å². The summed E-state index contributed by atoms with van der Waals surface area (Å²) < 4.78 is 4.83. The van der Waals surface area contributed by atoms with Crippen LogP contribution in [0.15, 0.2) is 11.8 Å². The Morgan fingerprint density at radius 3 is 2.81 bits per heavy atom. The highest BCUT2D eigenvalue weighted by atomic mass is 16.5. The van der Waals surface area contributed by atoms with Gasteiger partial charge in [0.1, 0.15) is 6.04 Å². The Kier molecular flexibility index (Phi) is 5.79. The van der Waals surface area contributed by atoms with E-state index in [-0.39, 0.29) is 17.9 Å². The molecule has 0 aromatic rings. The summed E-state index contributed by atoms with van der Waals surface area (Å²) in [5.41, 5.74) is 1.16. The van der Waals surface area contributed by atoms with E-state index in [0.29, 0.717) is 13.1 Å². The lowest BCUT2D eigenvalue weighted by molar-refractivity contribution is -0.146. The quantitative estimate of drug-likeness (QED) is 0.727. The number of amides is 1. The summed E-state index contributed by atoms with van der Waals surface area (Å²) in [5.74, 6) is -0.123. The maximum absolute atomic E-state index is 12.6. The lowest BCUT2D eigenvalue weighted by atomic mass is 10.0. The molecule has 0 N–H and O–H groups in total. The van der Waals surface area contributed by atoms with Gasteiger partial charge >= 0.3 is 5.97 Å². The molecule has 21 heavy (non-hydrogen) atoms. The van der Waals surface area contributed by atoms with Gasteiger partial charge in [-0.1, -0.05) is 6.08 Å². The van der Waals surface area contributed by atoms with Crippen LogP contribution >= 0.6 is 0 Å². The number of carbonyl (C=O) groups excluding carboxylic acids is 2. The van der Waals surface area contributed by atoms with Crippen LogP contribution in [0.25, 0.3) is 0 Å². The average Bonchev–Trinajstić information content (AvgIpc) is 2.96. The molecule has 1 aliphatic carbocycles. The van der Waals surface area contributed by atoms with Gasteiger partial charge in [-0.3, -0.25) is 14.5 Å². The molecule has 1 fully saturated rings. The predicted molar refractivity (Wildman–Crippen MR) is 80.5 cm³/mol. The SMILES string of the molecule is CCN(C(=O)CN1CCCC1C(=O)OC)C1=CCCCC1. The van der Waals surface area contributed by atoms with Crippen molar-refractivity contribution in [1.82, 2.24) is 9.80 Å². The molecule has 5 nitrogen and oxygen atoms in total. The van der Waals surface area contributed by atoms with Crippen molar-refractivity contribution in [1.29, 1.82) is 0 Å². The number of carbonyl (C=O) groups is 2. The highest BCUT2D eigenvalue weighted by molar-refractivity contribution is 5.82. The molecular formula is C16H26N2O3. The number of esters is 1. The van der Waals surface area contributed by atoms with E-state index in [1.54, 1.807) is 0 Å². The number of rotatable bonds is 5. The molecule has 0 aromatic carbocycles. The second-order valence-corrected chi connectivity index (χ2v) is 5.73. The number of methoxy groups -OCH3 is 1. The first kappa shape index (κ1) is 16.0. The molecule has 1 atom stereocenters. The topological polar surface area (TPSA) is 49.9 Å². The summed E-state index contributed by atoms with van der Waals surface area (Å²) >= 11 is 0. The molecule has 1 unspecified atom stereocenters. The van der Waals surface area contributed by atoms with E-state index in [1.807, 2.05) is 16.7 Å². The lowest BCUT2D eigenvalue weighted by Crippen LogP contribution is -2.44. The summed E-state index contributed by atoms with van der Waals surface area (Å²) in [6.45, 7) is 3.81. The van der Waals surface area contributed by atoms with Crippen LogP contribution in [0.3, 0.4) is 0 Å². The van der Waals surface area contributed by atoms with Gasteiger partial charge in [-0.15, -0.1) is 0 Å². The molecule has 1 amide bonds. The molecular weight excluding hydrogens is 268 g/mol. The van der Waals surface area contributed by atoms with Crippen molar-refractivity contribution < 1.29 is 14.3 Å². The number of hydrogen-bond acceptors (Lipinski definition) is 4.